The summed E-state index contributed by atoms with van der Waals surface area (Å²) in [6.07, 6.45) is 1.26. The van der Waals surface area contributed by atoms with E-state index in [1.54, 1.807) is 0 Å². The van der Waals surface area contributed by atoms with Crippen molar-refractivity contribution < 1.29 is 8.42 Å². The highest BCUT2D eigenvalue weighted by Gasteiger charge is 2.07. The number of hydrogen-bond acceptors (Lipinski definition) is 4. The second kappa shape index (κ2) is 7.38. The average molecular weight is 308 g/mol. The van der Waals surface area contributed by atoms with Gasteiger partial charge in [-0.25, -0.2) is 8.42 Å². The van der Waals surface area contributed by atoms with Crippen molar-refractivity contribution in [3.8, 4) is 0 Å². The molecule has 0 heterocycles. The summed E-state index contributed by atoms with van der Waals surface area (Å²) in [6, 6.07) is 5.73. The quantitative estimate of drug-likeness (QED) is 0.787. The molecule has 102 valence electrons. The van der Waals surface area contributed by atoms with Crippen LogP contribution in [0.1, 0.15) is 12.5 Å². The third-order valence-electron chi connectivity index (χ3n) is 2.31. The van der Waals surface area contributed by atoms with Gasteiger partial charge in [-0.15, -0.1) is 11.8 Å². The molecule has 0 aliphatic carbocycles. The first kappa shape index (κ1) is 15.8. The second-order valence-corrected chi connectivity index (χ2v) is 7.84. The van der Waals surface area contributed by atoms with Crippen molar-refractivity contribution in [1.29, 1.82) is 0 Å². The molecule has 6 heteroatoms. The predicted octanol–water partition coefficient (Wildman–Crippen LogP) is 2.59. The molecule has 0 amide bonds. The van der Waals surface area contributed by atoms with E-state index in [9.17, 15) is 8.42 Å². The molecule has 0 aromatic heterocycles. The Hall–Kier alpha value is -0.230. The van der Waals surface area contributed by atoms with Gasteiger partial charge < -0.3 is 5.32 Å². The molecule has 1 aromatic rings. The first-order chi connectivity index (χ1) is 8.42. The fraction of sp³-hybridized carbons (Fsp3) is 0.500. The third kappa shape index (κ3) is 6.09. The Balaban J connectivity index is 2.69. The molecular weight excluding hydrogens is 290 g/mol. The summed E-state index contributed by atoms with van der Waals surface area (Å²) in [5.41, 5.74) is 1.15. The van der Waals surface area contributed by atoms with E-state index in [1.165, 1.54) is 18.0 Å². The van der Waals surface area contributed by atoms with Crippen molar-refractivity contribution >= 4 is 33.2 Å². The van der Waals surface area contributed by atoms with Gasteiger partial charge in [-0.1, -0.05) is 24.6 Å². The van der Waals surface area contributed by atoms with E-state index < -0.39 is 9.84 Å². The van der Waals surface area contributed by atoms with Gasteiger partial charge in [-0.2, -0.15) is 0 Å². The number of thioether (sulfide) groups is 1. The van der Waals surface area contributed by atoms with Gasteiger partial charge in [0, 0.05) is 28.5 Å². The van der Waals surface area contributed by atoms with Gasteiger partial charge >= 0.3 is 0 Å². The lowest BCUT2D eigenvalue weighted by atomic mass is 10.2. The SMILES string of the molecule is CCNCc1ccc(Cl)cc1SCCS(C)(=O)=O. The molecule has 0 bridgehead atoms. The molecule has 0 saturated carbocycles. The van der Waals surface area contributed by atoms with Crippen LogP contribution in [0.2, 0.25) is 5.02 Å². The Morgan fingerprint density at radius 3 is 2.72 bits per heavy atom. The lowest BCUT2D eigenvalue weighted by Gasteiger charge is -2.10. The van der Waals surface area contributed by atoms with Crippen molar-refractivity contribution in [2.45, 2.75) is 18.4 Å². The van der Waals surface area contributed by atoms with Gasteiger partial charge in [-0.3, -0.25) is 0 Å². The van der Waals surface area contributed by atoms with E-state index in [4.69, 9.17) is 11.6 Å². The second-order valence-electron chi connectivity index (χ2n) is 4.01. The smallest absolute Gasteiger partial charge is 0.148 e. The highest BCUT2D eigenvalue weighted by Crippen LogP contribution is 2.26. The molecule has 1 aromatic carbocycles. The standard InChI is InChI=1S/C12H18ClNO2S2/c1-3-14-9-10-4-5-11(13)8-12(10)17-6-7-18(2,15)16/h4-5,8,14H,3,6-7,9H2,1-2H3. The predicted molar refractivity (Wildman–Crippen MR) is 79.3 cm³/mol. The maximum absolute atomic E-state index is 11.1. The van der Waals surface area contributed by atoms with Crippen LogP contribution >= 0.6 is 23.4 Å². The summed E-state index contributed by atoms with van der Waals surface area (Å²) in [5.74, 6) is 0.739. The number of sulfone groups is 1. The maximum atomic E-state index is 11.1. The highest BCUT2D eigenvalue weighted by molar-refractivity contribution is 8.00. The van der Waals surface area contributed by atoms with E-state index in [1.807, 2.05) is 25.1 Å². The van der Waals surface area contributed by atoms with Gasteiger partial charge in [0.25, 0.3) is 0 Å². The number of halogens is 1. The third-order valence-corrected chi connectivity index (χ3v) is 4.84. The molecule has 0 fully saturated rings. The normalized spacial score (nSPS) is 11.7. The lowest BCUT2D eigenvalue weighted by Crippen LogP contribution is -2.12. The molecule has 0 aliphatic rings. The Morgan fingerprint density at radius 1 is 1.39 bits per heavy atom. The summed E-state index contributed by atoms with van der Waals surface area (Å²) >= 11 is 7.50. The zero-order valence-corrected chi connectivity index (χ0v) is 13.0. The van der Waals surface area contributed by atoms with Gasteiger partial charge in [0.15, 0.2) is 0 Å². The van der Waals surface area contributed by atoms with E-state index in [2.05, 4.69) is 5.32 Å². The van der Waals surface area contributed by atoms with Crippen LogP contribution in [0, 0.1) is 0 Å². The molecule has 0 unspecified atom stereocenters. The summed E-state index contributed by atoms with van der Waals surface area (Å²) < 4.78 is 22.2. The molecule has 0 radical (unpaired) electrons. The van der Waals surface area contributed by atoms with Crippen molar-refractivity contribution in [2.24, 2.45) is 0 Å². The Morgan fingerprint density at radius 2 is 2.11 bits per heavy atom. The molecule has 3 nitrogen and oxygen atoms in total. The number of hydrogen-bond donors (Lipinski definition) is 1. The van der Waals surface area contributed by atoms with Gasteiger partial charge in [-0.05, 0) is 24.2 Å². The topological polar surface area (TPSA) is 46.2 Å². The summed E-state index contributed by atoms with van der Waals surface area (Å²) in [5, 5.41) is 3.93. The minimum atomic E-state index is -2.90. The summed E-state index contributed by atoms with van der Waals surface area (Å²) in [7, 11) is -2.90. The van der Waals surface area contributed by atoms with Crippen molar-refractivity contribution in [3.05, 3.63) is 28.8 Å². The number of rotatable bonds is 7. The van der Waals surface area contributed by atoms with E-state index in [0.29, 0.717) is 10.8 Å². The minimum Gasteiger partial charge on any atom is -0.313 e. The first-order valence-electron chi connectivity index (χ1n) is 5.72. The molecule has 0 aliphatic heterocycles. The van der Waals surface area contributed by atoms with Crippen LogP contribution < -0.4 is 5.32 Å². The fourth-order valence-electron chi connectivity index (χ4n) is 1.37. The average Bonchev–Trinajstić information content (AvgIpc) is 2.26. The largest absolute Gasteiger partial charge is 0.313 e. The van der Waals surface area contributed by atoms with Crippen LogP contribution in [-0.4, -0.2) is 32.7 Å². The lowest BCUT2D eigenvalue weighted by molar-refractivity contribution is 0.603. The fourth-order valence-corrected chi connectivity index (χ4v) is 3.91. The molecule has 1 N–H and O–H groups in total. The summed E-state index contributed by atoms with van der Waals surface area (Å²) in [4.78, 5) is 1.05. The Kier molecular flexibility index (Phi) is 6.49. The van der Waals surface area contributed by atoms with Gasteiger partial charge in [0.1, 0.15) is 9.84 Å². The monoisotopic (exact) mass is 307 g/mol. The number of nitrogens with one attached hydrogen (secondary N) is 1. The van der Waals surface area contributed by atoms with Crippen LogP contribution in [0.15, 0.2) is 23.1 Å². The molecule has 0 saturated heterocycles. The van der Waals surface area contributed by atoms with Gasteiger partial charge in [0.2, 0.25) is 0 Å². The van der Waals surface area contributed by atoms with Crippen LogP contribution in [0.4, 0.5) is 0 Å². The molecule has 18 heavy (non-hydrogen) atoms. The van der Waals surface area contributed by atoms with Crippen LogP contribution in [0.5, 0.6) is 0 Å². The maximum Gasteiger partial charge on any atom is 0.148 e. The Bertz CT molecular complexity index is 489. The molecule has 0 spiro atoms. The zero-order chi connectivity index (χ0) is 13.6. The van der Waals surface area contributed by atoms with E-state index >= 15 is 0 Å². The highest BCUT2D eigenvalue weighted by atomic mass is 35.5. The van der Waals surface area contributed by atoms with Crippen molar-refractivity contribution in [1.82, 2.24) is 5.32 Å². The van der Waals surface area contributed by atoms with Crippen molar-refractivity contribution in [3.63, 3.8) is 0 Å². The Labute approximate surface area is 118 Å². The van der Waals surface area contributed by atoms with Crippen LogP contribution in [0.3, 0.4) is 0 Å². The van der Waals surface area contributed by atoms with E-state index in [0.717, 1.165) is 23.5 Å². The number of benzene rings is 1. The van der Waals surface area contributed by atoms with Crippen LogP contribution in [0.25, 0.3) is 0 Å². The zero-order valence-electron chi connectivity index (χ0n) is 10.6. The molecular formula is C12H18ClNO2S2. The minimum absolute atomic E-state index is 0.185. The molecule has 1 rings (SSSR count). The van der Waals surface area contributed by atoms with Crippen molar-refractivity contribution in [2.75, 3.05) is 24.3 Å². The van der Waals surface area contributed by atoms with Gasteiger partial charge in [0.05, 0.1) is 5.75 Å². The molecule has 0 atom stereocenters. The summed E-state index contributed by atoms with van der Waals surface area (Å²) in [6.45, 7) is 3.72. The van der Waals surface area contributed by atoms with E-state index in [-0.39, 0.29) is 5.75 Å². The first-order valence-corrected chi connectivity index (χ1v) is 9.14. The van der Waals surface area contributed by atoms with Crippen LogP contribution in [-0.2, 0) is 16.4 Å².